The smallest absolute Gasteiger partial charge is 0.273 e. The van der Waals surface area contributed by atoms with Gasteiger partial charge in [-0.25, -0.2) is 5.43 Å². The summed E-state index contributed by atoms with van der Waals surface area (Å²) < 4.78 is 5.54. The van der Waals surface area contributed by atoms with Crippen molar-refractivity contribution in [2.75, 3.05) is 7.11 Å². The lowest BCUT2D eigenvalue weighted by atomic mass is 10.2. The number of non-ortho nitro benzene ring substituents is 1. The summed E-state index contributed by atoms with van der Waals surface area (Å²) in [7, 11) is 1.23. The van der Waals surface area contributed by atoms with Gasteiger partial charge in [-0.3, -0.25) is 14.9 Å². The van der Waals surface area contributed by atoms with Crippen molar-refractivity contribution in [1.29, 1.82) is 0 Å². The molecule has 2 aromatic carbocycles. The van der Waals surface area contributed by atoms with Crippen LogP contribution in [0.25, 0.3) is 0 Å². The monoisotopic (exact) mass is 392 g/mol. The molecule has 2 aromatic rings. The second-order valence-corrected chi connectivity index (χ2v) is 5.45. The van der Waals surface area contributed by atoms with Crippen molar-refractivity contribution in [3.63, 3.8) is 0 Å². The second kappa shape index (κ2) is 7.55. The topological polar surface area (TPSA) is 117 Å². The van der Waals surface area contributed by atoms with Crippen molar-refractivity contribution in [2.24, 2.45) is 5.10 Å². The molecule has 0 aliphatic rings. The highest BCUT2D eigenvalue weighted by molar-refractivity contribution is 9.10. The van der Waals surface area contributed by atoms with Gasteiger partial charge in [0.25, 0.3) is 11.6 Å². The van der Waals surface area contributed by atoms with Crippen LogP contribution >= 0.6 is 15.9 Å². The fraction of sp³-hybridized carbons (Fsp3) is 0.0667. The Balaban J connectivity index is 2.21. The van der Waals surface area contributed by atoms with E-state index in [4.69, 9.17) is 4.74 Å². The molecule has 24 heavy (non-hydrogen) atoms. The summed E-state index contributed by atoms with van der Waals surface area (Å²) >= 11 is 3.24. The van der Waals surface area contributed by atoms with E-state index in [1.54, 1.807) is 24.3 Å². The molecule has 0 unspecified atom stereocenters. The first-order valence-corrected chi connectivity index (χ1v) is 7.34. The van der Waals surface area contributed by atoms with Crippen LogP contribution in [-0.4, -0.2) is 24.2 Å². The van der Waals surface area contributed by atoms with Crippen molar-refractivity contribution in [2.45, 2.75) is 0 Å². The molecule has 8 nitrogen and oxygen atoms in total. The Hall–Kier alpha value is -2.94. The van der Waals surface area contributed by atoms with E-state index in [0.29, 0.717) is 5.56 Å². The maximum absolute atomic E-state index is 12.0. The van der Waals surface area contributed by atoms with E-state index in [9.17, 15) is 20.0 Å². The number of halogens is 1. The molecule has 0 aliphatic heterocycles. The molecule has 0 saturated carbocycles. The molecular weight excluding hydrogens is 382 g/mol. The first kappa shape index (κ1) is 17.4. The fourth-order valence-corrected chi connectivity index (χ4v) is 2.22. The summed E-state index contributed by atoms with van der Waals surface area (Å²) in [6.07, 6.45) is 1.04. The average molecular weight is 393 g/mol. The summed E-state index contributed by atoms with van der Waals surface area (Å²) in [5.41, 5.74) is 2.22. The lowest BCUT2D eigenvalue weighted by Crippen LogP contribution is -2.17. The predicted molar refractivity (Wildman–Crippen MR) is 88.3 cm³/mol. The van der Waals surface area contributed by atoms with Gasteiger partial charge in [0.2, 0.25) is 0 Å². The molecule has 0 fully saturated rings. The number of ether oxygens (including phenoxy) is 1. The first-order chi connectivity index (χ1) is 11.4. The van der Waals surface area contributed by atoms with E-state index in [2.05, 4.69) is 26.5 Å². The molecule has 0 aromatic heterocycles. The van der Waals surface area contributed by atoms with Crippen LogP contribution in [0, 0.1) is 10.1 Å². The average Bonchev–Trinajstić information content (AvgIpc) is 2.56. The maximum atomic E-state index is 12.0. The molecule has 9 heteroatoms. The third-order valence-electron chi connectivity index (χ3n) is 2.96. The number of benzene rings is 2. The Bertz CT molecular complexity index is 823. The number of nitro benzene ring substituents is 1. The number of amides is 1. The first-order valence-electron chi connectivity index (χ1n) is 6.54. The number of methoxy groups -OCH3 is 1. The van der Waals surface area contributed by atoms with Gasteiger partial charge < -0.3 is 9.84 Å². The van der Waals surface area contributed by atoms with Crippen molar-refractivity contribution in [1.82, 2.24) is 5.43 Å². The van der Waals surface area contributed by atoms with Gasteiger partial charge in [-0.2, -0.15) is 5.10 Å². The molecule has 0 atom stereocenters. The molecule has 0 aliphatic carbocycles. The molecule has 2 rings (SSSR count). The zero-order valence-electron chi connectivity index (χ0n) is 12.4. The van der Waals surface area contributed by atoms with Crippen molar-refractivity contribution >= 4 is 33.7 Å². The number of rotatable bonds is 5. The van der Waals surface area contributed by atoms with E-state index in [1.165, 1.54) is 7.11 Å². The van der Waals surface area contributed by atoms with Crippen molar-refractivity contribution in [3.8, 4) is 11.5 Å². The van der Waals surface area contributed by atoms with Crippen LogP contribution in [0.5, 0.6) is 11.5 Å². The molecule has 124 valence electrons. The van der Waals surface area contributed by atoms with Crippen LogP contribution in [0.15, 0.2) is 46.0 Å². The number of hydrogen-bond acceptors (Lipinski definition) is 6. The van der Waals surface area contributed by atoms with Crippen LogP contribution < -0.4 is 15.3 Å². The Labute approximate surface area is 145 Å². The molecule has 0 radical (unpaired) electrons. The maximum Gasteiger partial charge on any atom is 0.273 e. The number of carbonyl (C=O) groups is 1. The third-order valence-corrected chi connectivity index (χ3v) is 3.45. The zero-order valence-corrected chi connectivity index (χ0v) is 13.9. The predicted octanol–water partition coefficient (Wildman–Crippen LogP) is 2.20. The fourth-order valence-electron chi connectivity index (χ4n) is 1.82. The van der Waals surface area contributed by atoms with Crippen LogP contribution in [-0.2, 0) is 0 Å². The largest absolute Gasteiger partial charge is 0.870 e. The van der Waals surface area contributed by atoms with Gasteiger partial charge in [0.05, 0.1) is 24.3 Å². The third kappa shape index (κ3) is 4.07. The lowest BCUT2D eigenvalue weighted by Gasteiger charge is -2.14. The number of hydrazone groups is 1. The number of nitrogens with one attached hydrogen (secondary N) is 1. The Kier molecular flexibility index (Phi) is 5.48. The number of carbonyl (C=O) groups excluding carboxylic acids is 1. The van der Waals surface area contributed by atoms with Gasteiger partial charge in [-0.15, -0.1) is 0 Å². The molecule has 0 bridgehead atoms. The van der Waals surface area contributed by atoms with Crippen molar-refractivity contribution in [3.05, 3.63) is 62.1 Å². The normalized spacial score (nSPS) is 10.6. The quantitative estimate of drug-likeness (QED) is 0.475. The van der Waals surface area contributed by atoms with Gasteiger partial charge in [0.1, 0.15) is 5.75 Å². The Morgan fingerprint density at radius 3 is 2.75 bits per heavy atom. The summed E-state index contributed by atoms with van der Waals surface area (Å²) in [5, 5.41) is 26.5. The van der Waals surface area contributed by atoms with E-state index in [-0.39, 0.29) is 17.0 Å². The number of nitro groups is 1. The highest BCUT2D eigenvalue weighted by Gasteiger charge is 2.11. The SMILES string of the molecule is COc1cc([N+](=O)[O-])cc(/C=N\NC(=O)c2cccc(Br)c2)c1[O-]. The van der Waals surface area contributed by atoms with Crippen LogP contribution in [0.3, 0.4) is 0 Å². The standard InChI is InChI=1S/C15H12BrN3O5/c1-24-13-7-12(19(22)23)6-10(14(13)20)8-17-18-15(21)9-3-2-4-11(16)5-9/h2-8,20H,1H3,(H,18,21)/p-1/b17-8-. The summed E-state index contributed by atoms with van der Waals surface area (Å²) in [4.78, 5) is 22.1. The van der Waals surface area contributed by atoms with Crippen LogP contribution in [0.4, 0.5) is 5.69 Å². The molecular formula is C15H11BrN3O5-. The van der Waals surface area contributed by atoms with Gasteiger partial charge in [0, 0.05) is 16.1 Å². The van der Waals surface area contributed by atoms with Gasteiger partial charge >= 0.3 is 0 Å². The van der Waals surface area contributed by atoms with Crippen molar-refractivity contribution < 1.29 is 19.6 Å². The van der Waals surface area contributed by atoms with E-state index < -0.39 is 16.6 Å². The van der Waals surface area contributed by atoms with Gasteiger partial charge in [0.15, 0.2) is 0 Å². The zero-order chi connectivity index (χ0) is 17.7. The minimum atomic E-state index is -0.653. The minimum absolute atomic E-state index is 0.0735. The molecule has 0 heterocycles. The highest BCUT2D eigenvalue weighted by atomic mass is 79.9. The number of hydrogen-bond donors (Lipinski definition) is 1. The van der Waals surface area contributed by atoms with Gasteiger partial charge in [-0.1, -0.05) is 27.7 Å². The van der Waals surface area contributed by atoms with E-state index in [0.717, 1.165) is 22.8 Å². The Morgan fingerprint density at radius 2 is 2.12 bits per heavy atom. The van der Waals surface area contributed by atoms with Gasteiger partial charge in [-0.05, 0) is 23.8 Å². The molecule has 0 spiro atoms. The summed E-state index contributed by atoms with van der Waals surface area (Å²) in [6, 6.07) is 8.72. The van der Waals surface area contributed by atoms with E-state index in [1.807, 2.05) is 0 Å². The second-order valence-electron chi connectivity index (χ2n) is 4.53. The molecule has 1 amide bonds. The minimum Gasteiger partial charge on any atom is -0.870 e. The molecule has 0 saturated heterocycles. The molecule has 1 N–H and O–H groups in total. The summed E-state index contributed by atoms with van der Waals surface area (Å²) in [5.74, 6) is -1.23. The van der Waals surface area contributed by atoms with Crippen LogP contribution in [0.2, 0.25) is 0 Å². The number of nitrogens with zero attached hydrogens (tertiary/aromatic N) is 2. The highest BCUT2D eigenvalue weighted by Crippen LogP contribution is 2.31. The Morgan fingerprint density at radius 1 is 1.38 bits per heavy atom. The lowest BCUT2D eigenvalue weighted by molar-refractivity contribution is -0.385. The van der Waals surface area contributed by atoms with Crippen LogP contribution in [0.1, 0.15) is 15.9 Å². The van der Waals surface area contributed by atoms with E-state index >= 15 is 0 Å². The summed E-state index contributed by atoms with van der Waals surface area (Å²) in [6.45, 7) is 0.